The van der Waals surface area contributed by atoms with Crippen LogP contribution in [-0.4, -0.2) is 10.7 Å². The molecule has 1 saturated heterocycles. The van der Waals surface area contributed by atoms with Crippen molar-refractivity contribution in [1.29, 1.82) is 0 Å². The third-order valence-corrected chi connectivity index (χ3v) is 10.8. The molecule has 3 atom stereocenters. The highest BCUT2D eigenvalue weighted by Crippen LogP contribution is 2.38. The Morgan fingerprint density at radius 3 is 1.58 bits per heavy atom. The summed E-state index contributed by atoms with van der Waals surface area (Å²) in [6, 6.07) is 61.0. The van der Waals surface area contributed by atoms with E-state index in [1.54, 1.807) is 0 Å². The molecule has 53 heavy (non-hydrogen) atoms. The van der Waals surface area contributed by atoms with Crippen LogP contribution in [0.4, 0.5) is 0 Å². The smallest absolute Gasteiger partial charge is 0.123 e. The van der Waals surface area contributed by atoms with Crippen LogP contribution >= 0.6 is 0 Å². The lowest BCUT2D eigenvalue weighted by molar-refractivity contribution is 0.223. The molecule has 3 unspecified atom stereocenters. The number of rotatable bonds is 6. The van der Waals surface area contributed by atoms with E-state index >= 15 is 0 Å². The minimum atomic E-state index is -0.122. The van der Waals surface area contributed by atoms with Crippen molar-refractivity contribution in [2.75, 3.05) is 0 Å². The van der Waals surface area contributed by atoms with Crippen molar-refractivity contribution in [3.63, 3.8) is 0 Å². The topological polar surface area (TPSA) is 53.0 Å². The second-order valence-corrected chi connectivity index (χ2v) is 14.0. The molecule has 10 rings (SSSR count). The molecule has 7 aromatic carbocycles. The molecule has 2 aliphatic rings. The number of nitrogens with one attached hydrogen (secondary N) is 4. The number of dihydropyridines is 1. The van der Waals surface area contributed by atoms with Gasteiger partial charge in [0, 0.05) is 10.8 Å². The standard InChI is InChI=1S/C48H39N5/c1-3-11-32(12-4-1)34-19-23-37(24-20-34)46-50-47(38-25-21-35(22-26-38)33-13-5-2-6-14-33)52-48(51-46)39-29-30-49-44(31-39)53-42-18-10-9-17-41(42)45-40-16-8-7-15-36(40)27-28-43(45)53/h1-31,44,46-52H. The molecule has 0 aliphatic carbocycles. The van der Waals surface area contributed by atoms with Crippen LogP contribution in [0.1, 0.15) is 29.6 Å². The Bertz CT molecular complexity index is 2530. The maximum atomic E-state index is 3.92. The van der Waals surface area contributed by atoms with Crippen LogP contribution in [-0.2, 0) is 0 Å². The van der Waals surface area contributed by atoms with Crippen molar-refractivity contribution in [2.45, 2.75) is 24.7 Å². The van der Waals surface area contributed by atoms with Gasteiger partial charge >= 0.3 is 0 Å². The summed E-state index contributed by atoms with van der Waals surface area (Å²) in [6.07, 6.45) is 6.27. The second kappa shape index (κ2) is 13.4. The summed E-state index contributed by atoms with van der Waals surface area (Å²) >= 11 is 0. The lowest BCUT2D eigenvalue weighted by atomic mass is 9.99. The molecule has 3 heterocycles. The van der Waals surface area contributed by atoms with Gasteiger partial charge < -0.3 is 9.88 Å². The van der Waals surface area contributed by atoms with Gasteiger partial charge in [0.25, 0.3) is 0 Å². The van der Waals surface area contributed by atoms with Crippen LogP contribution in [0.25, 0.3) is 54.8 Å². The van der Waals surface area contributed by atoms with Gasteiger partial charge in [-0.25, -0.2) is 0 Å². The van der Waals surface area contributed by atoms with Crippen molar-refractivity contribution in [3.05, 3.63) is 205 Å². The molecular weight excluding hydrogens is 647 g/mol. The zero-order chi connectivity index (χ0) is 35.1. The number of fused-ring (bicyclic) bond motifs is 5. The van der Waals surface area contributed by atoms with Gasteiger partial charge in [0.1, 0.15) is 6.17 Å². The summed E-state index contributed by atoms with van der Waals surface area (Å²) in [5.41, 5.74) is 10.8. The molecule has 1 fully saturated rings. The SMILES string of the molecule is C1=CC(C2NC(c3ccc(-c4ccccc4)cc3)NC(c3ccc(-c4ccccc4)cc3)N2)=CC(n2c3ccccc3c3c4ccccc4ccc32)N1. The fourth-order valence-corrected chi connectivity index (χ4v) is 8.16. The van der Waals surface area contributed by atoms with E-state index in [-0.39, 0.29) is 24.7 Å². The van der Waals surface area contributed by atoms with Crippen LogP contribution in [0.2, 0.25) is 0 Å². The average Bonchev–Trinajstić information content (AvgIpc) is 3.59. The molecule has 1 aromatic heterocycles. The Labute approximate surface area is 309 Å². The predicted molar refractivity (Wildman–Crippen MR) is 219 cm³/mol. The Hall–Kier alpha value is -6.24. The van der Waals surface area contributed by atoms with E-state index in [1.807, 2.05) is 0 Å². The van der Waals surface area contributed by atoms with Gasteiger partial charge in [-0.2, -0.15) is 0 Å². The number of nitrogens with zero attached hydrogens (tertiary/aromatic N) is 1. The highest BCUT2D eigenvalue weighted by atomic mass is 15.4. The zero-order valence-electron chi connectivity index (χ0n) is 29.2. The first-order valence-corrected chi connectivity index (χ1v) is 18.4. The van der Waals surface area contributed by atoms with Gasteiger partial charge in [-0.05, 0) is 80.2 Å². The number of hydrogen-bond acceptors (Lipinski definition) is 4. The van der Waals surface area contributed by atoms with Crippen molar-refractivity contribution >= 4 is 32.6 Å². The van der Waals surface area contributed by atoms with Gasteiger partial charge in [-0.3, -0.25) is 16.0 Å². The molecule has 0 spiro atoms. The van der Waals surface area contributed by atoms with E-state index in [1.165, 1.54) is 71.5 Å². The highest BCUT2D eigenvalue weighted by molar-refractivity contribution is 6.20. The van der Waals surface area contributed by atoms with Crippen LogP contribution in [0, 0.1) is 0 Å². The lowest BCUT2D eigenvalue weighted by Crippen LogP contribution is -2.59. The molecule has 2 aliphatic heterocycles. The minimum Gasteiger partial charge on any atom is -0.368 e. The summed E-state index contributed by atoms with van der Waals surface area (Å²) in [7, 11) is 0. The van der Waals surface area contributed by atoms with Crippen molar-refractivity contribution < 1.29 is 0 Å². The summed E-state index contributed by atoms with van der Waals surface area (Å²) in [5.74, 6) is 0. The first-order valence-electron chi connectivity index (χ1n) is 18.4. The molecule has 5 heteroatoms. The van der Waals surface area contributed by atoms with E-state index < -0.39 is 0 Å². The van der Waals surface area contributed by atoms with Crippen LogP contribution in [0.15, 0.2) is 194 Å². The van der Waals surface area contributed by atoms with E-state index in [0.29, 0.717) is 0 Å². The maximum absolute atomic E-state index is 3.92. The number of hydrogen-bond donors (Lipinski definition) is 4. The second-order valence-electron chi connectivity index (χ2n) is 14.0. The van der Waals surface area contributed by atoms with E-state index in [2.05, 4.69) is 214 Å². The Morgan fingerprint density at radius 1 is 0.415 bits per heavy atom. The Balaban J connectivity index is 1.02. The Kier molecular flexibility index (Phi) is 7.95. The molecular formula is C48H39N5. The van der Waals surface area contributed by atoms with Gasteiger partial charge in [0.05, 0.1) is 29.5 Å². The van der Waals surface area contributed by atoms with Crippen LogP contribution in [0.5, 0.6) is 0 Å². The van der Waals surface area contributed by atoms with E-state index in [0.717, 1.165) is 0 Å². The fraction of sp³-hybridized carbons (Fsp3) is 0.0833. The molecule has 8 aromatic rings. The molecule has 5 nitrogen and oxygen atoms in total. The molecule has 0 amide bonds. The van der Waals surface area contributed by atoms with Gasteiger partial charge in [0.2, 0.25) is 0 Å². The average molecular weight is 686 g/mol. The summed E-state index contributed by atoms with van der Waals surface area (Å²) in [4.78, 5) is 0. The van der Waals surface area contributed by atoms with Crippen LogP contribution < -0.4 is 21.3 Å². The number of para-hydroxylation sites is 1. The zero-order valence-corrected chi connectivity index (χ0v) is 29.2. The Morgan fingerprint density at radius 2 is 0.943 bits per heavy atom. The van der Waals surface area contributed by atoms with E-state index in [4.69, 9.17) is 0 Å². The lowest BCUT2D eigenvalue weighted by Gasteiger charge is -2.41. The van der Waals surface area contributed by atoms with Crippen molar-refractivity contribution in [1.82, 2.24) is 25.8 Å². The van der Waals surface area contributed by atoms with Crippen molar-refractivity contribution in [3.8, 4) is 22.3 Å². The third-order valence-electron chi connectivity index (χ3n) is 10.8. The predicted octanol–water partition coefficient (Wildman–Crippen LogP) is 10.3. The highest BCUT2D eigenvalue weighted by Gasteiger charge is 2.31. The van der Waals surface area contributed by atoms with Gasteiger partial charge in [0.15, 0.2) is 0 Å². The summed E-state index contributed by atoms with van der Waals surface area (Å²) in [5, 5.41) is 20.5. The first-order chi connectivity index (χ1) is 26.3. The molecule has 256 valence electrons. The monoisotopic (exact) mass is 685 g/mol. The minimum absolute atomic E-state index is 0.0794. The molecule has 0 radical (unpaired) electrons. The molecule has 0 bridgehead atoms. The number of benzene rings is 7. The molecule has 0 saturated carbocycles. The maximum Gasteiger partial charge on any atom is 0.123 e. The fourth-order valence-electron chi connectivity index (χ4n) is 8.16. The van der Waals surface area contributed by atoms with E-state index in [9.17, 15) is 0 Å². The number of aromatic nitrogens is 1. The molecule has 4 N–H and O–H groups in total. The summed E-state index contributed by atoms with van der Waals surface area (Å²) < 4.78 is 2.45. The van der Waals surface area contributed by atoms with Gasteiger partial charge in [-0.15, -0.1) is 0 Å². The summed E-state index contributed by atoms with van der Waals surface area (Å²) in [6.45, 7) is 0. The normalized spacial score (nSPS) is 20.0. The van der Waals surface area contributed by atoms with Gasteiger partial charge in [-0.1, -0.05) is 158 Å². The quantitative estimate of drug-likeness (QED) is 0.141. The largest absolute Gasteiger partial charge is 0.368 e. The first kappa shape index (κ1) is 31.5. The van der Waals surface area contributed by atoms with Crippen LogP contribution in [0.3, 0.4) is 0 Å². The van der Waals surface area contributed by atoms with Crippen molar-refractivity contribution in [2.24, 2.45) is 0 Å². The third kappa shape index (κ3) is 5.81.